The second-order valence-electron chi connectivity index (χ2n) is 6.91. The van der Waals surface area contributed by atoms with E-state index >= 15 is 0 Å². The Bertz CT molecular complexity index is 1050. The number of anilines is 1. The van der Waals surface area contributed by atoms with Crippen LogP contribution < -0.4 is 5.73 Å². The number of nitrogens with zero attached hydrogens (tertiary/aromatic N) is 2. The number of piperidine rings is 1. The molecule has 2 aromatic carbocycles. The monoisotopic (exact) mass is 509 g/mol. The summed E-state index contributed by atoms with van der Waals surface area (Å²) in [4.78, 5) is 14.8. The van der Waals surface area contributed by atoms with E-state index in [0.717, 1.165) is 19.1 Å². The number of sulfone groups is 1. The molecule has 2 unspecified atom stereocenters. The first-order chi connectivity index (χ1) is 13.2. The lowest BCUT2D eigenvalue weighted by atomic mass is 9.89. The topological polar surface area (TPSA) is 104 Å². The zero-order chi connectivity index (χ0) is 20.5. The molecule has 0 saturated carbocycles. The molecule has 3 rings (SSSR count). The molecule has 1 amide bonds. The number of carbonyl (C=O) groups is 1. The van der Waals surface area contributed by atoms with Gasteiger partial charge in [-0.3, -0.25) is 4.79 Å². The Hall–Kier alpha value is -2.12. The number of nitrogen functional groups attached to an aromatic ring is 1. The number of amides is 1. The highest BCUT2D eigenvalue weighted by Gasteiger charge is 2.31. The average molecular weight is 509 g/mol. The summed E-state index contributed by atoms with van der Waals surface area (Å²) in [5, 5.41) is 8.93. The Balaban J connectivity index is 1.74. The summed E-state index contributed by atoms with van der Waals surface area (Å²) in [7, 11) is -3.43. The number of hydrogen-bond donors (Lipinski definition) is 1. The maximum atomic E-state index is 12.9. The summed E-state index contributed by atoms with van der Waals surface area (Å²) in [6.07, 6.45) is 2.73. The van der Waals surface area contributed by atoms with Crippen LogP contribution in [-0.2, 0) is 9.84 Å². The molecule has 0 radical (unpaired) electrons. The van der Waals surface area contributed by atoms with Gasteiger partial charge in [0.25, 0.3) is 5.91 Å². The summed E-state index contributed by atoms with van der Waals surface area (Å²) < 4.78 is 23.4. The summed E-state index contributed by atoms with van der Waals surface area (Å²) in [5.74, 6) is 0.181. The summed E-state index contributed by atoms with van der Waals surface area (Å²) in [5.41, 5.74) is 8.15. The van der Waals surface area contributed by atoms with Gasteiger partial charge in [0.15, 0.2) is 9.84 Å². The lowest BCUT2D eigenvalue weighted by Gasteiger charge is -2.37. The Labute approximate surface area is 178 Å². The van der Waals surface area contributed by atoms with E-state index in [1.807, 2.05) is 24.3 Å². The van der Waals surface area contributed by atoms with Crippen molar-refractivity contribution in [1.82, 2.24) is 4.90 Å². The Morgan fingerprint density at radius 2 is 1.93 bits per heavy atom. The highest BCUT2D eigenvalue weighted by Crippen LogP contribution is 2.35. The number of nitrogens with two attached hydrogens (primary N) is 1. The van der Waals surface area contributed by atoms with Gasteiger partial charge < -0.3 is 10.6 Å². The zero-order valence-corrected chi connectivity index (χ0v) is 18.3. The minimum Gasteiger partial charge on any atom is -0.398 e. The van der Waals surface area contributed by atoms with Gasteiger partial charge in [-0.15, -0.1) is 0 Å². The van der Waals surface area contributed by atoms with Gasteiger partial charge in [0.2, 0.25) is 0 Å². The van der Waals surface area contributed by atoms with E-state index in [1.165, 1.54) is 23.8 Å². The van der Waals surface area contributed by atoms with Gasteiger partial charge in [0.1, 0.15) is 0 Å². The molecular formula is C20H20IN3O3S. The van der Waals surface area contributed by atoms with Gasteiger partial charge in [-0.05, 0) is 54.7 Å². The van der Waals surface area contributed by atoms with Crippen molar-refractivity contribution in [2.75, 3.05) is 18.5 Å². The Kier molecular flexibility index (Phi) is 5.95. The molecule has 1 heterocycles. The number of alkyl halides is 1. The van der Waals surface area contributed by atoms with Gasteiger partial charge in [0.05, 0.1) is 26.3 Å². The van der Waals surface area contributed by atoms with E-state index in [9.17, 15) is 13.2 Å². The van der Waals surface area contributed by atoms with Crippen LogP contribution in [0.15, 0.2) is 47.4 Å². The van der Waals surface area contributed by atoms with Crippen molar-refractivity contribution in [3.05, 3.63) is 59.2 Å². The first-order valence-corrected chi connectivity index (χ1v) is 11.9. The molecule has 1 aliphatic heterocycles. The van der Waals surface area contributed by atoms with Gasteiger partial charge in [-0.25, -0.2) is 8.42 Å². The third-order valence-electron chi connectivity index (χ3n) is 4.96. The first-order valence-electron chi connectivity index (χ1n) is 8.75. The molecule has 8 heteroatoms. The smallest absolute Gasteiger partial charge is 0.254 e. The van der Waals surface area contributed by atoms with Crippen LogP contribution in [0.4, 0.5) is 5.69 Å². The molecule has 1 aliphatic rings. The normalized spacial score (nSPS) is 19.8. The molecule has 6 nitrogen and oxygen atoms in total. The molecule has 28 heavy (non-hydrogen) atoms. The first kappa shape index (κ1) is 20.6. The van der Waals surface area contributed by atoms with Crippen molar-refractivity contribution in [3.63, 3.8) is 0 Å². The molecule has 2 atom stereocenters. The van der Waals surface area contributed by atoms with Crippen molar-refractivity contribution in [3.8, 4) is 6.07 Å². The van der Waals surface area contributed by atoms with Gasteiger partial charge in [-0.2, -0.15) is 5.26 Å². The summed E-state index contributed by atoms with van der Waals surface area (Å²) in [6.45, 7) is 0.602. The van der Waals surface area contributed by atoms with E-state index in [4.69, 9.17) is 11.0 Å². The standard InChI is InChI=1S/C20H20IN3O3S/c1-28(26,27)18-7-6-16(10-17(18)23)20(25)24-9-8-15(11-19(24)21)14-4-2-13(12-22)3-5-14/h2-7,10,15,19H,8-9,11,23H2,1H3. The van der Waals surface area contributed by atoms with Crippen LogP contribution in [0.1, 0.15) is 40.2 Å². The molecule has 0 aliphatic carbocycles. The molecule has 0 spiro atoms. The van der Waals surface area contributed by atoms with Crippen LogP contribution in [-0.4, -0.2) is 36.1 Å². The molecule has 2 aromatic rings. The van der Waals surface area contributed by atoms with Crippen molar-refractivity contribution < 1.29 is 13.2 Å². The fourth-order valence-corrected chi connectivity index (χ4v) is 5.41. The number of hydrogen-bond acceptors (Lipinski definition) is 5. The van der Waals surface area contributed by atoms with Crippen LogP contribution in [0.25, 0.3) is 0 Å². The molecular weight excluding hydrogens is 489 g/mol. The third kappa shape index (κ3) is 4.31. The number of carbonyl (C=O) groups excluding carboxylic acids is 1. The number of benzene rings is 2. The number of rotatable bonds is 3. The summed E-state index contributed by atoms with van der Waals surface area (Å²) >= 11 is 2.27. The van der Waals surface area contributed by atoms with Crippen LogP contribution in [0.3, 0.4) is 0 Å². The largest absolute Gasteiger partial charge is 0.398 e. The average Bonchev–Trinajstić information content (AvgIpc) is 2.66. The molecule has 0 aromatic heterocycles. The quantitative estimate of drug-likeness (QED) is 0.296. The SMILES string of the molecule is CS(=O)(=O)c1ccc(C(=O)N2CCC(c3ccc(C#N)cc3)CC2I)cc1N. The van der Waals surface area contributed by atoms with Crippen LogP contribution >= 0.6 is 22.6 Å². The fourth-order valence-electron chi connectivity index (χ4n) is 3.46. The lowest BCUT2D eigenvalue weighted by Crippen LogP contribution is -2.42. The number of halogens is 1. The predicted molar refractivity (Wildman–Crippen MR) is 116 cm³/mol. The van der Waals surface area contributed by atoms with Crippen molar-refractivity contribution in [1.29, 1.82) is 5.26 Å². The zero-order valence-electron chi connectivity index (χ0n) is 15.3. The van der Waals surface area contributed by atoms with E-state index in [-0.39, 0.29) is 20.5 Å². The third-order valence-corrected chi connectivity index (χ3v) is 7.32. The maximum absolute atomic E-state index is 12.9. The minimum atomic E-state index is -3.43. The van der Waals surface area contributed by atoms with Crippen LogP contribution in [0, 0.1) is 11.3 Å². The number of likely N-dealkylation sites (tertiary alicyclic amines) is 1. The highest BCUT2D eigenvalue weighted by molar-refractivity contribution is 14.1. The lowest BCUT2D eigenvalue weighted by molar-refractivity contribution is 0.0697. The van der Waals surface area contributed by atoms with E-state index in [1.54, 1.807) is 4.90 Å². The Morgan fingerprint density at radius 3 is 2.46 bits per heavy atom. The van der Waals surface area contributed by atoms with Crippen molar-refractivity contribution in [2.24, 2.45) is 0 Å². The molecule has 0 bridgehead atoms. The number of nitriles is 1. The Morgan fingerprint density at radius 1 is 1.25 bits per heavy atom. The van der Waals surface area contributed by atoms with Gasteiger partial charge in [-0.1, -0.05) is 34.7 Å². The minimum absolute atomic E-state index is 0.00954. The second-order valence-corrected chi connectivity index (χ2v) is 10.3. The van der Waals surface area contributed by atoms with E-state index in [2.05, 4.69) is 28.7 Å². The molecule has 1 fully saturated rings. The van der Waals surface area contributed by atoms with Gasteiger partial charge >= 0.3 is 0 Å². The second kappa shape index (κ2) is 8.09. The van der Waals surface area contributed by atoms with Crippen LogP contribution in [0.5, 0.6) is 0 Å². The van der Waals surface area contributed by atoms with Crippen LogP contribution in [0.2, 0.25) is 0 Å². The summed E-state index contributed by atoms with van der Waals surface area (Å²) in [6, 6.07) is 14.1. The van der Waals surface area contributed by atoms with Crippen molar-refractivity contribution in [2.45, 2.75) is 27.7 Å². The highest BCUT2D eigenvalue weighted by atomic mass is 127. The maximum Gasteiger partial charge on any atom is 0.254 e. The van der Waals surface area contributed by atoms with Gasteiger partial charge in [0, 0.05) is 18.4 Å². The molecule has 146 valence electrons. The van der Waals surface area contributed by atoms with E-state index < -0.39 is 9.84 Å². The molecule has 1 saturated heterocycles. The fraction of sp³-hybridized carbons (Fsp3) is 0.300. The van der Waals surface area contributed by atoms with E-state index in [0.29, 0.717) is 23.6 Å². The van der Waals surface area contributed by atoms with Crippen molar-refractivity contribution >= 4 is 44.0 Å². The molecule has 2 N–H and O–H groups in total. The predicted octanol–water partition coefficient (Wildman–Crippen LogP) is 3.32.